The molecule has 7 nitrogen and oxygen atoms in total. The van der Waals surface area contributed by atoms with Crippen molar-refractivity contribution in [2.45, 2.75) is 16.4 Å². The molecule has 8 heteroatoms. The summed E-state index contributed by atoms with van der Waals surface area (Å²) < 4.78 is 5.18. The monoisotopic (exact) mass is 422 g/mol. The number of benzene rings is 3. The Morgan fingerprint density at radius 1 is 0.900 bits per heavy atom. The van der Waals surface area contributed by atoms with Crippen LogP contribution in [0.2, 0.25) is 0 Å². The molecule has 0 spiro atoms. The average molecular weight is 422 g/mol. The fraction of sp³-hybridized carbons (Fsp3) is 0.0909. The van der Waals surface area contributed by atoms with Crippen LogP contribution in [-0.2, 0) is 16.1 Å². The molecule has 3 aromatic rings. The zero-order valence-electron chi connectivity index (χ0n) is 15.8. The number of nitrogens with one attached hydrogen (secondary N) is 1. The molecule has 0 heterocycles. The molecule has 30 heavy (non-hydrogen) atoms. The number of carbonyl (C=O) groups excluding carboxylic acids is 2. The largest absolute Gasteiger partial charge is 0.460 e. The van der Waals surface area contributed by atoms with Crippen LogP contribution in [0.1, 0.15) is 15.9 Å². The summed E-state index contributed by atoms with van der Waals surface area (Å²) in [6.07, 6.45) is 0. The minimum absolute atomic E-state index is 0.0523. The van der Waals surface area contributed by atoms with E-state index in [1.807, 2.05) is 24.3 Å². The van der Waals surface area contributed by atoms with Crippen molar-refractivity contribution >= 4 is 29.3 Å². The van der Waals surface area contributed by atoms with E-state index >= 15 is 0 Å². The highest BCUT2D eigenvalue weighted by Crippen LogP contribution is 2.29. The summed E-state index contributed by atoms with van der Waals surface area (Å²) in [7, 11) is 0. The molecule has 0 saturated heterocycles. The van der Waals surface area contributed by atoms with Crippen molar-refractivity contribution in [3.8, 4) is 0 Å². The van der Waals surface area contributed by atoms with E-state index in [1.165, 1.54) is 23.9 Å². The van der Waals surface area contributed by atoms with E-state index in [1.54, 1.807) is 42.5 Å². The van der Waals surface area contributed by atoms with E-state index in [0.29, 0.717) is 5.56 Å². The number of esters is 1. The Labute approximate surface area is 177 Å². The summed E-state index contributed by atoms with van der Waals surface area (Å²) in [4.78, 5) is 35.9. The molecule has 0 aliphatic rings. The van der Waals surface area contributed by atoms with Crippen LogP contribution < -0.4 is 5.32 Å². The van der Waals surface area contributed by atoms with Gasteiger partial charge in [-0.2, -0.15) is 0 Å². The number of non-ortho nitro benzene ring substituents is 1. The maximum atomic E-state index is 11.9. The van der Waals surface area contributed by atoms with Crippen molar-refractivity contribution in [1.29, 1.82) is 0 Å². The SMILES string of the molecule is O=C(CNC(=O)c1ccccc1)OCc1ccc(Sc2ccc([N+](=O)[O-])cc2)cc1. The first kappa shape index (κ1) is 21.1. The maximum absolute atomic E-state index is 11.9. The predicted octanol–water partition coefficient (Wildman–Crippen LogP) is 4.22. The lowest BCUT2D eigenvalue weighted by Crippen LogP contribution is -2.30. The summed E-state index contributed by atoms with van der Waals surface area (Å²) in [6, 6.07) is 22.4. The number of hydrogen-bond acceptors (Lipinski definition) is 6. The van der Waals surface area contributed by atoms with Crippen LogP contribution in [0.3, 0.4) is 0 Å². The fourth-order valence-corrected chi connectivity index (χ4v) is 3.30. The third-order valence-corrected chi connectivity index (χ3v) is 5.05. The normalized spacial score (nSPS) is 10.3. The first-order chi connectivity index (χ1) is 14.5. The summed E-state index contributed by atoms with van der Waals surface area (Å²) in [5, 5.41) is 13.2. The van der Waals surface area contributed by atoms with Gasteiger partial charge in [0, 0.05) is 27.5 Å². The number of nitrogens with zero attached hydrogens (tertiary/aromatic N) is 1. The number of hydrogen-bond donors (Lipinski definition) is 1. The van der Waals surface area contributed by atoms with Gasteiger partial charge in [0.05, 0.1) is 4.92 Å². The molecule has 3 aromatic carbocycles. The van der Waals surface area contributed by atoms with Crippen LogP contribution in [0.5, 0.6) is 0 Å². The van der Waals surface area contributed by atoms with Crippen LogP contribution in [0.25, 0.3) is 0 Å². The van der Waals surface area contributed by atoms with Crippen molar-refractivity contribution < 1.29 is 19.2 Å². The summed E-state index contributed by atoms with van der Waals surface area (Å²) in [6.45, 7) is -0.107. The highest BCUT2D eigenvalue weighted by Gasteiger charge is 2.09. The molecule has 0 radical (unpaired) electrons. The van der Waals surface area contributed by atoms with E-state index in [0.717, 1.165) is 15.4 Å². The fourth-order valence-electron chi connectivity index (χ4n) is 2.48. The van der Waals surface area contributed by atoms with Gasteiger partial charge in [0.1, 0.15) is 13.2 Å². The van der Waals surface area contributed by atoms with E-state index in [-0.39, 0.29) is 24.7 Å². The van der Waals surface area contributed by atoms with Gasteiger partial charge in [0.15, 0.2) is 0 Å². The first-order valence-corrected chi connectivity index (χ1v) is 9.83. The van der Waals surface area contributed by atoms with Crippen molar-refractivity contribution in [1.82, 2.24) is 5.32 Å². The smallest absolute Gasteiger partial charge is 0.325 e. The highest BCUT2D eigenvalue weighted by molar-refractivity contribution is 7.99. The van der Waals surface area contributed by atoms with Gasteiger partial charge in [-0.25, -0.2) is 0 Å². The second-order valence-corrected chi connectivity index (χ2v) is 7.35. The van der Waals surface area contributed by atoms with Crippen molar-refractivity contribution in [2.75, 3.05) is 6.54 Å². The number of ether oxygens (including phenoxy) is 1. The van der Waals surface area contributed by atoms with Crippen LogP contribution in [-0.4, -0.2) is 23.3 Å². The summed E-state index contributed by atoms with van der Waals surface area (Å²) >= 11 is 1.47. The lowest BCUT2D eigenvalue weighted by molar-refractivity contribution is -0.384. The van der Waals surface area contributed by atoms with Crippen LogP contribution in [0, 0.1) is 10.1 Å². The molecule has 0 atom stereocenters. The van der Waals surface area contributed by atoms with Gasteiger partial charge in [0.2, 0.25) is 0 Å². The molecule has 0 bridgehead atoms. The first-order valence-electron chi connectivity index (χ1n) is 9.01. The molecule has 0 saturated carbocycles. The second-order valence-electron chi connectivity index (χ2n) is 6.21. The Bertz CT molecular complexity index is 1020. The van der Waals surface area contributed by atoms with E-state index in [2.05, 4.69) is 5.32 Å². The Hall–Kier alpha value is -3.65. The lowest BCUT2D eigenvalue weighted by Gasteiger charge is -2.07. The second kappa shape index (κ2) is 10.2. The Kier molecular flexibility index (Phi) is 7.18. The zero-order valence-corrected chi connectivity index (χ0v) is 16.6. The molecule has 1 N–H and O–H groups in total. The minimum atomic E-state index is -0.524. The molecule has 0 fully saturated rings. The van der Waals surface area contributed by atoms with Gasteiger partial charge in [-0.3, -0.25) is 19.7 Å². The molecule has 0 unspecified atom stereocenters. The van der Waals surface area contributed by atoms with Crippen molar-refractivity contribution in [3.63, 3.8) is 0 Å². The van der Waals surface area contributed by atoms with Crippen molar-refractivity contribution in [2.24, 2.45) is 0 Å². The third kappa shape index (κ3) is 6.18. The Morgan fingerprint density at radius 3 is 2.10 bits per heavy atom. The number of nitro benzene ring substituents is 1. The minimum Gasteiger partial charge on any atom is -0.460 e. The standard InChI is InChI=1S/C22H18N2O5S/c25-21(14-23-22(26)17-4-2-1-3-5-17)29-15-16-6-10-19(11-7-16)30-20-12-8-18(9-13-20)24(27)28/h1-13H,14-15H2,(H,23,26). The van der Waals surface area contributed by atoms with Gasteiger partial charge in [-0.05, 0) is 42.0 Å². The number of carbonyl (C=O) groups is 2. The van der Waals surface area contributed by atoms with Gasteiger partial charge in [-0.15, -0.1) is 0 Å². The number of rotatable bonds is 8. The molecular weight excluding hydrogens is 404 g/mol. The Morgan fingerprint density at radius 2 is 1.50 bits per heavy atom. The van der Waals surface area contributed by atoms with Crippen LogP contribution >= 0.6 is 11.8 Å². The third-order valence-electron chi connectivity index (χ3n) is 4.04. The topological polar surface area (TPSA) is 98.5 Å². The van der Waals surface area contributed by atoms with Crippen LogP contribution in [0.15, 0.2) is 88.7 Å². The molecule has 0 aliphatic carbocycles. The van der Waals surface area contributed by atoms with Gasteiger partial charge in [-0.1, -0.05) is 42.1 Å². The zero-order chi connectivity index (χ0) is 21.3. The van der Waals surface area contributed by atoms with E-state index in [4.69, 9.17) is 4.74 Å². The van der Waals surface area contributed by atoms with Crippen molar-refractivity contribution in [3.05, 3.63) is 100 Å². The average Bonchev–Trinajstić information content (AvgIpc) is 2.78. The van der Waals surface area contributed by atoms with Gasteiger partial charge in [0.25, 0.3) is 11.6 Å². The van der Waals surface area contributed by atoms with E-state index in [9.17, 15) is 19.7 Å². The molecule has 3 rings (SSSR count). The van der Waals surface area contributed by atoms with Crippen LogP contribution in [0.4, 0.5) is 5.69 Å². The molecule has 0 aromatic heterocycles. The van der Waals surface area contributed by atoms with Gasteiger partial charge < -0.3 is 10.1 Å². The van der Waals surface area contributed by atoms with E-state index < -0.39 is 10.9 Å². The maximum Gasteiger partial charge on any atom is 0.325 e. The molecular formula is C22H18N2O5S. The lowest BCUT2D eigenvalue weighted by atomic mass is 10.2. The number of amides is 1. The predicted molar refractivity (Wildman–Crippen MR) is 112 cm³/mol. The molecule has 152 valence electrons. The molecule has 0 aliphatic heterocycles. The molecule has 1 amide bonds. The summed E-state index contributed by atoms with van der Waals surface area (Å²) in [5.74, 6) is -0.858. The highest BCUT2D eigenvalue weighted by atomic mass is 32.2. The summed E-state index contributed by atoms with van der Waals surface area (Å²) in [5.41, 5.74) is 1.34. The van der Waals surface area contributed by atoms with Gasteiger partial charge >= 0.3 is 5.97 Å². The quantitative estimate of drug-likeness (QED) is 0.332. The number of nitro groups is 1. The Balaban J connectivity index is 1.44.